The predicted molar refractivity (Wildman–Crippen MR) is 80.1 cm³/mol. The van der Waals surface area contributed by atoms with E-state index in [0.717, 1.165) is 31.0 Å². The van der Waals surface area contributed by atoms with Crippen LogP contribution >= 0.6 is 0 Å². The number of hydrogen-bond donors (Lipinski definition) is 0. The summed E-state index contributed by atoms with van der Waals surface area (Å²) in [6, 6.07) is 1.62. The Morgan fingerprint density at radius 1 is 1.04 bits per heavy atom. The van der Waals surface area contributed by atoms with Crippen LogP contribution in [0, 0.1) is 11.8 Å². The molecule has 1 saturated heterocycles. The minimum absolute atomic E-state index is 0.201. The van der Waals surface area contributed by atoms with E-state index in [1.165, 1.54) is 31.9 Å². The van der Waals surface area contributed by atoms with E-state index in [4.69, 9.17) is 0 Å². The number of halogens is 3. The minimum atomic E-state index is -4.41. The van der Waals surface area contributed by atoms with E-state index < -0.39 is 11.9 Å². The Morgan fingerprint density at radius 3 is 2.43 bits per heavy atom. The van der Waals surface area contributed by atoms with Gasteiger partial charge in [0, 0.05) is 38.4 Å². The van der Waals surface area contributed by atoms with Crippen molar-refractivity contribution in [3.63, 3.8) is 0 Å². The summed E-state index contributed by atoms with van der Waals surface area (Å²) < 4.78 is 38.3. The van der Waals surface area contributed by atoms with Crippen molar-refractivity contribution < 1.29 is 13.2 Å². The average Bonchev–Trinajstić information content (AvgIpc) is 3.17. The maximum Gasteiger partial charge on any atom is 0.433 e. The fourth-order valence-corrected chi connectivity index (χ4v) is 4.57. The first-order chi connectivity index (χ1) is 11.0. The first-order valence-corrected chi connectivity index (χ1v) is 8.40. The summed E-state index contributed by atoms with van der Waals surface area (Å²) in [6.07, 6.45) is 2.22. The van der Waals surface area contributed by atoms with Gasteiger partial charge in [0.05, 0.1) is 0 Å². The van der Waals surface area contributed by atoms with Crippen LogP contribution in [-0.4, -0.2) is 47.1 Å². The Kier molecular flexibility index (Phi) is 3.70. The van der Waals surface area contributed by atoms with Gasteiger partial charge in [-0.05, 0) is 37.2 Å². The van der Waals surface area contributed by atoms with E-state index >= 15 is 0 Å². The van der Waals surface area contributed by atoms with Crippen LogP contribution in [0.5, 0.6) is 0 Å². The predicted octanol–water partition coefficient (Wildman–Crippen LogP) is 2.81. The van der Waals surface area contributed by atoms with Crippen molar-refractivity contribution in [1.29, 1.82) is 0 Å². The molecule has 3 unspecified atom stereocenters. The SMILES string of the molecule is FC(F)(F)c1ccnc(N2CCN(C3CC4CCC3C4)CC2)n1. The lowest BCUT2D eigenvalue weighted by atomic mass is 9.93. The molecule has 3 fully saturated rings. The largest absolute Gasteiger partial charge is 0.433 e. The molecule has 2 heterocycles. The quantitative estimate of drug-likeness (QED) is 0.836. The standard InChI is InChI=1S/C16H21F3N4/c17-16(18,19)14-3-4-20-15(21-14)23-7-5-22(6-8-23)13-10-11-1-2-12(13)9-11/h3-4,11-13H,1-2,5-10H2. The van der Waals surface area contributed by atoms with Gasteiger partial charge in [-0.25, -0.2) is 9.97 Å². The Labute approximate surface area is 133 Å². The van der Waals surface area contributed by atoms with Gasteiger partial charge >= 0.3 is 6.18 Å². The van der Waals surface area contributed by atoms with Gasteiger partial charge in [-0.2, -0.15) is 13.2 Å². The van der Waals surface area contributed by atoms with Gasteiger partial charge in [-0.3, -0.25) is 4.90 Å². The highest BCUT2D eigenvalue weighted by atomic mass is 19.4. The third-order valence-electron chi connectivity index (χ3n) is 5.70. The van der Waals surface area contributed by atoms with Crippen LogP contribution in [0.2, 0.25) is 0 Å². The van der Waals surface area contributed by atoms with Gasteiger partial charge in [-0.1, -0.05) is 6.42 Å². The third kappa shape index (κ3) is 2.91. The first-order valence-electron chi connectivity index (χ1n) is 8.40. The van der Waals surface area contributed by atoms with Crippen molar-refractivity contribution in [3.8, 4) is 0 Å². The zero-order valence-electron chi connectivity index (χ0n) is 13.0. The number of aromatic nitrogens is 2. The zero-order chi connectivity index (χ0) is 16.0. The molecule has 2 bridgehead atoms. The molecule has 4 rings (SSSR count). The number of alkyl halides is 3. The molecule has 126 valence electrons. The topological polar surface area (TPSA) is 32.3 Å². The van der Waals surface area contributed by atoms with Crippen LogP contribution in [0.1, 0.15) is 31.4 Å². The van der Waals surface area contributed by atoms with Crippen LogP contribution in [0.4, 0.5) is 19.1 Å². The molecule has 0 spiro atoms. The zero-order valence-corrected chi connectivity index (χ0v) is 13.0. The smallest absolute Gasteiger partial charge is 0.338 e. The van der Waals surface area contributed by atoms with Gasteiger partial charge in [0.2, 0.25) is 5.95 Å². The molecule has 4 nitrogen and oxygen atoms in total. The van der Waals surface area contributed by atoms with E-state index in [0.29, 0.717) is 19.1 Å². The van der Waals surface area contributed by atoms with E-state index in [1.54, 1.807) is 0 Å². The van der Waals surface area contributed by atoms with Crippen molar-refractivity contribution >= 4 is 5.95 Å². The highest BCUT2D eigenvalue weighted by molar-refractivity contribution is 5.31. The number of nitrogens with zero attached hydrogens (tertiary/aromatic N) is 4. The molecule has 3 atom stereocenters. The van der Waals surface area contributed by atoms with Crippen LogP contribution in [0.3, 0.4) is 0 Å². The summed E-state index contributed by atoms with van der Waals surface area (Å²) in [5.41, 5.74) is -0.863. The van der Waals surface area contributed by atoms with Crippen LogP contribution < -0.4 is 4.90 Å². The molecule has 2 aliphatic carbocycles. The van der Waals surface area contributed by atoms with Gasteiger partial charge in [0.15, 0.2) is 0 Å². The molecule has 7 heteroatoms. The van der Waals surface area contributed by atoms with Crippen molar-refractivity contribution in [3.05, 3.63) is 18.0 Å². The van der Waals surface area contributed by atoms with Gasteiger partial charge < -0.3 is 4.90 Å². The van der Waals surface area contributed by atoms with E-state index in [2.05, 4.69) is 14.9 Å². The second kappa shape index (κ2) is 5.61. The Morgan fingerprint density at radius 2 is 1.83 bits per heavy atom. The highest BCUT2D eigenvalue weighted by Crippen LogP contribution is 2.46. The highest BCUT2D eigenvalue weighted by Gasteiger charge is 2.43. The van der Waals surface area contributed by atoms with Gasteiger partial charge in [-0.15, -0.1) is 0 Å². The summed E-state index contributed by atoms with van der Waals surface area (Å²) in [7, 11) is 0. The van der Waals surface area contributed by atoms with E-state index in [1.807, 2.05) is 4.90 Å². The number of fused-ring (bicyclic) bond motifs is 2. The van der Waals surface area contributed by atoms with Crippen molar-refractivity contribution in [2.75, 3.05) is 31.1 Å². The maximum atomic E-state index is 12.8. The van der Waals surface area contributed by atoms with Gasteiger partial charge in [0.25, 0.3) is 0 Å². The fourth-order valence-electron chi connectivity index (χ4n) is 4.57. The van der Waals surface area contributed by atoms with E-state index in [-0.39, 0.29) is 5.95 Å². The molecule has 0 radical (unpaired) electrons. The van der Waals surface area contributed by atoms with Crippen molar-refractivity contribution in [2.45, 2.75) is 37.9 Å². The molecule has 23 heavy (non-hydrogen) atoms. The third-order valence-corrected chi connectivity index (χ3v) is 5.70. The maximum absolute atomic E-state index is 12.8. The second-order valence-corrected chi connectivity index (χ2v) is 7.00. The molecule has 0 N–H and O–H groups in total. The number of hydrogen-bond acceptors (Lipinski definition) is 4. The number of anilines is 1. The van der Waals surface area contributed by atoms with Crippen LogP contribution in [0.15, 0.2) is 12.3 Å². The van der Waals surface area contributed by atoms with Crippen LogP contribution in [-0.2, 0) is 6.18 Å². The van der Waals surface area contributed by atoms with Gasteiger partial charge in [0.1, 0.15) is 5.69 Å². The normalized spacial score (nSPS) is 31.8. The fraction of sp³-hybridized carbons (Fsp3) is 0.750. The Balaban J connectivity index is 1.40. The molecule has 2 saturated carbocycles. The summed E-state index contributed by atoms with van der Waals surface area (Å²) in [4.78, 5) is 12.1. The summed E-state index contributed by atoms with van der Waals surface area (Å²) in [5.74, 6) is 1.96. The lowest BCUT2D eigenvalue weighted by molar-refractivity contribution is -0.141. The number of rotatable bonds is 2. The molecule has 3 aliphatic rings. The lowest BCUT2D eigenvalue weighted by Gasteiger charge is -2.41. The molecule has 1 aromatic heterocycles. The van der Waals surface area contributed by atoms with Crippen LogP contribution in [0.25, 0.3) is 0 Å². The Bertz CT molecular complexity index is 569. The van der Waals surface area contributed by atoms with Crippen molar-refractivity contribution in [2.24, 2.45) is 11.8 Å². The monoisotopic (exact) mass is 326 g/mol. The summed E-state index contributed by atoms with van der Waals surface area (Å²) >= 11 is 0. The first kappa shape index (κ1) is 15.2. The molecular weight excluding hydrogens is 305 g/mol. The summed E-state index contributed by atoms with van der Waals surface area (Å²) in [5, 5.41) is 0. The molecule has 0 amide bonds. The van der Waals surface area contributed by atoms with Crippen molar-refractivity contribution in [1.82, 2.24) is 14.9 Å². The summed E-state index contributed by atoms with van der Waals surface area (Å²) in [6.45, 7) is 3.20. The Hall–Kier alpha value is -1.37. The molecule has 1 aromatic rings. The molecule has 0 aromatic carbocycles. The second-order valence-electron chi connectivity index (χ2n) is 7.00. The number of piperazine rings is 1. The van der Waals surface area contributed by atoms with E-state index in [9.17, 15) is 13.2 Å². The molecular formula is C16H21F3N4. The lowest BCUT2D eigenvalue weighted by Crippen LogP contribution is -2.52. The average molecular weight is 326 g/mol. The minimum Gasteiger partial charge on any atom is -0.338 e. The molecule has 1 aliphatic heterocycles.